The van der Waals surface area contributed by atoms with Crippen LogP contribution in [0.25, 0.3) is 11.4 Å². The Morgan fingerprint density at radius 3 is 2.29 bits per heavy atom. The van der Waals surface area contributed by atoms with Crippen LogP contribution in [-0.2, 0) is 6.42 Å². The van der Waals surface area contributed by atoms with E-state index in [1.807, 2.05) is 19.9 Å². The van der Waals surface area contributed by atoms with Gasteiger partial charge in [0.2, 0.25) is 5.88 Å². The predicted molar refractivity (Wildman–Crippen MR) is 124 cm³/mol. The van der Waals surface area contributed by atoms with Crippen LogP contribution in [-0.4, -0.2) is 43.4 Å². The van der Waals surface area contributed by atoms with Gasteiger partial charge >= 0.3 is 0 Å². The van der Waals surface area contributed by atoms with E-state index in [1.165, 1.54) is 0 Å². The number of benzene rings is 1. The molecule has 0 spiro atoms. The summed E-state index contributed by atoms with van der Waals surface area (Å²) in [6.07, 6.45) is 3.28. The molecule has 0 N–H and O–H groups in total. The van der Waals surface area contributed by atoms with Crippen LogP contribution in [0.1, 0.15) is 56.4 Å². The summed E-state index contributed by atoms with van der Waals surface area (Å²) in [4.78, 5) is 12.0. The number of aryl methyl sites for hydroxylation is 2. The third-order valence-electron chi connectivity index (χ3n) is 5.83. The van der Waals surface area contributed by atoms with E-state index in [0.29, 0.717) is 11.7 Å². The van der Waals surface area contributed by atoms with Gasteiger partial charge in [-0.25, -0.2) is 9.37 Å². The highest BCUT2D eigenvalue weighted by Crippen LogP contribution is 2.41. The second kappa shape index (κ2) is 10.3. The Morgan fingerprint density at radius 1 is 1.06 bits per heavy atom. The second-order valence-corrected chi connectivity index (χ2v) is 8.56. The number of hydrogen-bond acceptors (Lipinski definition) is 5. The summed E-state index contributed by atoms with van der Waals surface area (Å²) in [5, 5.41) is 0. The lowest BCUT2D eigenvalue weighted by Crippen LogP contribution is -2.28. The van der Waals surface area contributed by atoms with Crippen molar-refractivity contribution < 1.29 is 13.9 Å². The number of ether oxygens (including phenoxy) is 2. The smallest absolute Gasteiger partial charge is 0.241 e. The van der Waals surface area contributed by atoms with E-state index in [0.717, 1.165) is 72.6 Å². The highest BCUT2D eigenvalue weighted by Gasteiger charge is 2.34. The largest absolute Gasteiger partial charge is 0.496 e. The van der Waals surface area contributed by atoms with Gasteiger partial charge in [0.1, 0.15) is 17.6 Å². The van der Waals surface area contributed by atoms with Crippen LogP contribution in [0.2, 0.25) is 0 Å². The SMILES string of the molecule is CCCN(CCC)c1c(CC(F)C2CC2)nc(-c2c(C)cc(C)cc2OC)nc1OC. The van der Waals surface area contributed by atoms with E-state index in [2.05, 4.69) is 24.8 Å². The molecule has 0 aliphatic heterocycles. The molecule has 170 valence electrons. The highest BCUT2D eigenvalue weighted by atomic mass is 19.1. The number of anilines is 1. The molecule has 1 heterocycles. The molecule has 0 bridgehead atoms. The molecular weight excluding hydrogens is 393 g/mol. The Morgan fingerprint density at radius 2 is 1.74 bits per heavy atom. The van der Waals surface area contributed by atoms with Crippen molar-refractivity contribution in [1.29, 1.82) is 0 Å². The topological polar surface area (TPSA) is 47.5 Å². The first-order valence-corrected chi connectivity index (χ1v) is 11.4. The van der Waals surface area contributed by atoms with Crippen LogP contribution in [0, 0.1) is 19.8 Å². The predicted octanol–water partition coefficient (Wildman–Crippen LogP) is 5.69. The summed E-state index contributed by atoms with van der Waals surface area (Å²) in [5.41, 5.74) is 4.53. The summed E-state index contributed by atoms with van der Waals surface area (Å²) in [7, 11) is 3.28. The van der Waals surface area contributed by atoms with Crippen LogP contribution in [0.5, 0.6) is 11.6 Å². The van der Waals surface area contributed by atoms with Crippen molar-refractivity contribution in [3.63, 3.8) is 0 Å². The number of nitrogens with zero attached hydrogens (tertiary/aromatic N) is 3. The maximum Gasteiger partial charge on any atom is 0.241 e. The molecule has 1 saturated carbocycles. The van der Waals surface area contributed by atoms with Gasteiger partial charge in [-0.1, -0.05) is 19.9 Å². The summed E-state index contributed by atoms with van der Waals surface area (Å²) in [6, 6.07) is 4.07. The average Bonchev–Trinajstić information content (AvgIpc) is 3.58. The first-order chi connectivity index (χ1) is 14.9. The molecule has 3 rings (SSSR count). The average molecular weight is 430 g/mol. The Bertz CT molecular complexity index is 893. The standard InChI is InChI=1S/C25H36FN3O2/c1-7-11-29(12-8-2)23-20(15-19(26)18-9-10-18)27-24(28-25(23)31-6)22-17(4)13-16(3)14-21(22)30-5/h13-14,18-19H,7-12,15H2,1-6H3. The van der Waals surface area contributed by atoms with Crippen molar-refractivity contribution in [2.45, 2.75) is 66.0 Å². The molecular formula is C25H36FN3O2. The number of alkyl halides is 1. The van der Waals surface area contributed by atoms with Crippen LogP contribution in [0.15, 0.2) is 12.1 Å². The quantitative estimate of drug-likeness (QED) is 0.459. The fourth-order valence-electron chi connectivity index (χ4n) is 4.25. The lowest BCUT2D eigenvalue weighted by Gasteiger charge is -2.28. The van der Waals surface area contributed by atoms with Crippen LogP contribution in [0.4, 0.5) is 10.1 Å². The number of halogens is 1. The number of aromatic nitrogens is 2. The van der Waals surface area contributed by atoms with Crippen molar-refractivity contribution in [2.24, 2.45) is 5.92 Å². The van der Waals surface area contributed by atoms with Gasteiger partial charge in [0, 0.05) is 19.5 Å². The zero-order valence-corrected chi connectivity index (χ0v) is 19.8. The van der Waals surface area contributed by atoms with Crippen molar-refractivity contribution in [2.75, 3.05) is 32.2 Å². The van der Waals surface area contributed by atoms with Gasteiger partial charge in [-0.15, -0.1) is 0 Å². The maximum atomic E-state index is 15.0. The van der Waals surface area contributed by atoms with E-state index >= 15 is 0 Å². The minimum atomic E-state index is -0.891. The summed E-state index contributed by atoms with van der Waals surface area (Å²) < 4.78 is 26.4. The highest BCUT2D eigenvalue weighted by molar-refractivity contribution is 5.72. The summed E-state index contributed by atoms with van der Waals surface area (Å²) >= 11 is 0. The van der Waals surface area contributed by atoms with E-state index in [1.54, 1.807) is 14.2 Å². The van der Waals surface area contributed by atoms with Crippen molar-refractivity contribution in [3.8, 4) is 23.0 Å². The van der Waals surface area contributed by atoms with Crippen LogP contribution < -0.4 is 14.4 Å². The second-order valence-electron chi connectivity index (χ2n) is 8.56. The minimum Gasteiger partial charge on any atom is -0.496 e. The fourth-order valence-corrected chi connectivity index (χ4v) is 4.25. The van der Waals surface area contributed by atoms with E-state index in [9.17, 15) is 4.39 Å². The van der Waals surface area contributed by atoms with E-state index in [-0.39, 0.29) is 12.3 Å². The van der Waals surface area contributed by atoms with Gasteiger partial charge in [-0.2, -0.15) is 4.98 Å². The van der Waals surface area contributed by atoms with Crippen molar-refractivity contribution >= 4 is 5.69 Å². The number of rotatable bonds is 11. The molecule has 2 aromatic rings. The zero-order chi connectivity index (χ0) is 22.5. The first kappa shape index (κ1) is 23.3. The molecule has 31 heavy (non-hydrogen) atoms. The summed E-state index contributed by atoms with van der Waals surface area (Å²) in [5.74, 6) is 1.91. The molecule has 5 nitrogen and oxygen atoms in total. The Balaban J connectivity index is 2.19. The molecule has 0 radical (unpaired) electrons. The van der Waals surface area contributed by atoms with Crippen LogP contribution >= 0.6 is 0 Å². The number of methoxy groups -OCH3 is 2. The Labute approximate surface area is 186 Å². The van der Waals surface area contributed by atoms with Crippen LogP contribution in [0.3, 0.4) is 0 Å². The minimum absolute atomic E-state index is 0.152. The third-order valence-corrected chi connectivity index (χ3v) is 5.83. The Kier molecular flexibility index (Phi) is 7.74. The maximum absolute atomic E-state index is 15.0. The van der Waals surface area contributed by atoms with Gasteiger partial charge in [0.05, 0.1) is 25.5 Å². The van der Waals surface area contributed by atoms with Crippen molar-refractivity contribution in [3.05, 3.63) is 29.0 Å². The van der Waals surface area contributed by atoms with Gasteiger partial charge < -0.3 is 14.4 Å². The van der Waals surface area contributed by atoms with Gasteiger partial charge in [-0.3, -0.25) is 0 Å². The Hall–Kier alpha value is -2.37. The van der Waals surface area contributed by atoms with E-state index in [4.69, 9.17) is 19.4 Å². The molecule has 1 unspecified atom stereocenters. The first-order valence-electron chi connectivity index (χ1n) is 11.4. The molecule has 1 aromatic carbocycles. The van der Waals surface area contributed by atoms with E-state index < -0.39 is 6.17 Å². The molecule has 6 heteroatoms. The molecule has 1 aliphatic carbocycles. The lowest BCUT2D eigenvalue weighted by atomic mass is 10.0. The number of hydrogen-bond donors (Lipinski definition) is 0. The molecule has 1 aliphatic rings. The van der Waals surface area contributed by atoms with Gasteiger partial charge in [-0.05, 0) is 62.6 Å². The van der Waals surface area contributed by atoms with Crippen molar-refractivity contribution in [1.82, 2.24) is 9.97 Å². The molecule has 1 aromatic heterocycles. The fraction of sp³-hybridized carbons (Fsp3) is 0.600. The molecule has 1 atom stereocenters. The summed E-state index contributed by atoms with van der Waals surface area (Å²) in [6.45, 7) is 10.1. The molecule has 0 saturated heterocycles. The lowest BCUT2D eigenvalue weighted by molar-refractivity contribution is 0.293. The van der Waals surface area contributed by atoms with Gasteiger partial charge in [0.25, 0.3) is 0 Å². The molecule has 1 fully saturated rings. The monoisotopic (exact) mass is 429 g/mol. The third kappa shape index (κ3) is 5.28. The zero-order valence-electron chi connectivity index (χ0n) is 19.8. The molecule has 0 amide bonds. The normalized spacial score (nSPS) is 14.4. The van der Waals surface area contributed by atoms with Gasteiger partial charge in [0.15, 0.2) is 5.82 Å².